The van der Waals surface area contributed by atoms with Crippen molar-refractivity contribution in [2.45, 2.75) is 50.4 Å². The summed E-state index contributed by atoms with van der Waals surface area (Å²) in [5, 5.41) is 7.16. The average molecular weight is 273 g/mol. The third kappa shape index (κ3) is 3.01. The lowest BCUT2D eigenvalue weighted by Gasteiger charge is -2.20. The molecule has 0 amide bonds. The number of halogens is 1. The van der Waals surface area contributed by atoms with Gasteiger partial charge in [0, 0.05) is 17.2 Å². The normalized spacial score (nSPS) is 22.6. The second-order valence-corrected chi connectivity index (χ2v) is 6.01. The largest absolute Gasteiger partial charge is 0.317 e. The quantitative estimate of drug-likeness (QED) is 0.888. The van der Waals surface area contributed by atoms with E-state index in [-0.39, 0.29) is 12.4 Å². The highest BCUT2D eigenvalue weighted by atomic mass is 35.5. The Morgan fingerprint density at radius 2 is 1.76 bits per heavy atom. The SMILES string of the molecule is Cl.c1sc(C2CCNCC2)nc1C1CCCC1. The Hall–Kier alpha value is -0.120. The van der Waals surface area contributed by atoms with Crippen LogP contribution in [0.1, 0.15) is 61.1 Å². The molecule has 1 saturated heterocycles. The molecule has 1 saturated carbocycles. The van der Waals surface area contributed by atoms with Crippen molar-refractivity contribution in [2.24, 2.45) is 0 Å². The van der Waals surface area contributed by atoms with Crippen molar-refractivity contribution in [1.29, 1.82) is 0 Å². The number of aromatic nitrogens is 1. The van der Waals surface area contributed by atoms with Crippen molar-refractivity contribution < 1.29 is 0 Å². The summed E-state index contributed by atoms with van der Waals surface area (Å²) in [6.07, 6.45) is 8.11. The first-order valence-corrected chi connectivity index (χ1v) is 7.47. The van der Waals surface area contributed by atoms with E-state index in [0.717, 1.165) is 11.8 Å². The molecule has 4 heteroatoms. The van der Waals surface area contributed by atoms with Gasteiger partial charge in [-0.05, 0) is 38.8 Å². The van der Waals surface area contributed by atoms with Crippen molar-refractivity contribution in [3.8, 4) is 0 Å². The summed E-state index contributed by atoms with van der Waals surface area (Å²) in [6, 6.07) is 0. The molecule has 0 spiro atoms. The standard InChI is InChI=1S/C13H20N2S.ClH/c1-2-4-10(3-1)12-9-16-13(15-12)11-5-7-14-8-6-11;/h9-11,14H,1-8H2;1H. The first-order valence-electron chi connectivity index (χ1n) is 6.59. The number of hydrogen-bond acceptors (Lipinski definition) is 3. The van der Waals surface area contributed by atoms with Gasteiger partial charge in [0.05, 0.1) is 10.7 Å². The lowest BCUT2D eigenvalue weighted by molar-refractivity contribution is 0.458. The van der Waals surface area contributed by atoms with Crippen LogP contribution in [0.5, 0.6) is 0 Å². The lowest BCUT2D eigenvalue weighted by atomic mass is 9.99. The topological polar surface area (TPSA) is 24.9 Å². The highest BCUT2D eigenvalue weighted by Crippen LogP contribution is 2.36. The maximum absolute atomic E-state index is 4.91. The van der Waals surface area contributed by atoms with Crippen LogP contribution in [-0.4, -0.2) is 18.1 Å². The van der Waals surface area contributed by atoms with Gasteiger partial charge >= 0.3 is 0 Å². The minimum absolute atomic E-state index is 0. The zero-order chi connectivity index (χ0) is 10.8. The van der Waals surface area contributed by atoms with E-state index in [0.29, 0.717) is 0 Å². The number of hydrogen-bond donors (Lipinski definition) is 1. The third-order valence-electron chi connectivity index (χ3n) is 4.00. The van der Waals surface area contributed by atoms with Gasteiger partial charge < -0.3 is 5.32 Å². The van der Waals surface area contributed by atoms with Crippen molar-refractivity contribution >= 4 is 23.7 Å². The Morgan fingerprint density at radius 1 is 1.06 bits per heavy atom. The molecule has 96 valence electrons. The van der Waals surface area contributed by atoms with Crippen LogP contribution in [0.2, 0.25) is 0 Å². The zero-order valence-electron chi connectivity index (χ0n) is 10.2. The summed E-state index contributed by atoms with van der Waals surface area (Å²) in [4.78, 5) is 4.91. The predicted molar refractivity (Wildman–Crippen MR) is 75.4 cm³/mol. The maximum Gasteiger partial charge on any atom is 0.0960 e. The molecule has 0 atom stereocenters. The van der Waals surface area contributed by atoms with Crippen LogP contribution in [0.3, 0.4) is 0 Å². The molecule has 1 aromatic rings. The van der Waals surface area contributed by atoms with Gasteiger partial charge in [0.2, 0.25) is 0 Å². The third-order valence-corrected chi connectivity index (χ3v) is 5.03. The summed E-state index contributed by atoms with van der Waals surface area (Å²) in [5.41, 5.74) is 1.40. The molecule has 1 aliphatic carbocycles. The molecule has 0 unspecified atom stereocenters. The predicted octanol–water partition coefficient (Wildman–Crippen LogP) is 3.69. The summed E-state index contributed by atoms with van der Waals surface area (Å²) in [7, 11) is 0. The van der Waals surface area contributed by atoms with Gasteiger partial charge in [0.25, 0.3) is 0 Å². The molecule has 17 heavy (non-hydrogen) atoms. The molecule has 0 bridgehead atoms. The highest BCUT2D eigenvalue weighted by Gasteiger charge is 2.23. The zero-order valence-corrected chi connectivity index (χ0v) is 11.8. The van der Waals surface area contributed by atoms with E-state index in [9.17, 15) is 0 Å². The maximum atomic E-state index is 4.91. The molecular formula is C13H21ClN2S. The molecule has 2 nitrogen and oxygen atoms in total. The second kappa shape index (κ2) is 6.17. The van der Waals surface area contributed by atoms with E-state index in [2.05, 4.69) is 10.7 Å². The molecule has 1 aromatic heterocycles. The van der Waals surface area contributed by atoms with E-state index in [4.69, 9.17) is 4.98 Å². The van der Waals surface area contributed by atoms with Crippen molar-refractivity contribution in [3.05, 3.63) is 16.1 Å². The van der Waals surface area contributed by atoms with Crippen LogP contribution in [0.4, 0.5) is 0 Å². The molecule has 2 aliphatic rings. The van der Waals surface area contributed by atoms with Crippen LogP contribution in [0.15, 0.2) is 5.38 Å². The van der Waals surface area contributed by atoms with Crippen LogP contribution in [-0.2, 0) is 0 Å². The van der Waals surface area contributed by atoms with Crippen molar-refractivity contribution in [1.82, 2.24) is 10.3 Å². The monoisotopic (exact) mass is 272 g/mol. The van der Waals surface area contributed by atoms with Crippen LogP contribution in [0, 0.1) is 0 Å². The van der Waals surface area contributed by atoms with E-state index >= 15 is 0 Å². The van der Waals surface area contributed by atoms with Crippen molar-refractivity contribution in [3.63, 3.8) is 0 Å². The Labute approximate surface area is 114 Å². The molecule has 2 heterocycles. The van der Waals surface area contributed by atoms with Gasteiger partial charge in [-0.25, -0.2) is 4.98 Å². The van der Waals surface area contributed by atoms with Gasteiger partial charge in [0.15, 0.2) is 0 Å². The van der Waals surface area contributed by atoms with E-state index in [1.165, 1.54) is 62.3 Å². The van der Waals surface area contributed by atoms with Gasteiger partial charge in [-0.3, -0.25) is 0 Å². The fourth-order valence-electron chi connectivity index (χ4n) is 2.97. The first-order chi connectivity index (χ1) is 7.93. The van der Waals surface area contributed by atoms with E-state index in [1.807, 2.05) is 11.3 Å². The van der Waals surface area contributed by atoms with Gasteiger partial charge in [-0.2, -0.15) is 0 Å². The van der Waals surface area contributed by atoms with Gasteiger partial charge in [-0.15, -0.1) is 23.7 Å². The van der Waals surface area contributed by atoms with Crippen LogP contribution < -0.4 is 5.32 Å². The number of rotatable bonds is 2. The molecule has 1 N–H and O–H groups in total. The Bertz CT molecular complexity index is 341. The summed E-state index contributed by atoms with van der Waals surface area (Å²) >= 11 is 1.90. The molecular weight excluding hydrogens is 252 g/mol. The molecule has 2 fully saturated rings. The molecule has 0 aromatic carbocycles. The first kappa shape index (κ1) is 13.3. The minimum Gasteiger partial charge on any atom is -0.317 e. The fourth-order valence-corrected chi connectivity index (χ4v) is 4.04. The molecule has 0 radical (unpaired) electrons. The smallest absolute Gasteiger partial charge is 0.0960 e. The van der Waals surface area contributed by atoms with Crippen LogP contribution >= 0.6 is 23.7 Å². The average Bonchev–Trinajstić information content (AvgIpc) is 3.01. The Morgan fingerprint density at radius 3 is 2.47 bits per heavy atom. The number of nitrogens with one attached hydrogen (secondary N) is 1. The molecule has 1 aliphatic heterocycles. The minimum atomic E-state index is 0. The Balaban J connectivity index is 0.00000108. The fraction of sp³-hybridized carbons (Fsp3) is 0.769. The number of thiazole rings is 1. The Kier molecular flexibility index (Phi) is 4.83. The second-order valence-electron chi connectivity index (χ2n) is 5.12. The van der Waals surface area contributed by atoms with Crippen molar-refractivity contribution in [2.75, 3.05) is 13.1 Å². The number of piperidine rings is 1. The highest BCUT2D eigenvalue weighted by molar-refractivity contribution is 7.09. The summed E-state index contributed by atoms with van der Waals surface area (Å²) in [5.74, 6) is 1.52. The summed E-state index contributed by atoms with van der Waals surface area (Å²) in [6.45, 7) is 2.34. The van der Waals surface area contributed by atoms with Crippen LogP contribution in [0.25, 0.3) is 0 Å². The summed E-state index contributed by atoms with van der Waals surface area (Å²) < 4.78 is 0. The lowest BCUT2D eigenvalue weighted by Crippen LogP contribution is -2.26. The van der Waals surface area contributed by atoms with Gasteiger partial charge in [0.1, 0.15) is 0 Å². The van der Waals surface area contributed by atoms with Gasteiger partial charge in [-0.1, -0.05) is 12.8 Å². The molecule has 3 rings (SSSR count). The van der Waals surface area contributed by atoms with E-state index in [1.54, 1.807) is 0 Å². The number of nitrogens with zero attached hydrogens (tertiary/aromatic N) is 1. The van der Waals surface area contributed by atoms with E-state index < -0.39 is 0 Å².